The lowest BCUT2D eigenvalue weighted by molar-refractivity contribution is -0.125. The highest BCUT2D eigenvalue weighted by atomic mass is 16.2. The normalized spacial score (nSPS) is 19.9. The fraction of sp³-hybridized carbons (Fsp3) is 0.929. The highest BCUT2D eigenvalue weighted by Crippen LogP contribution is 2.07. The van der Waals surface area contributed by atoms with Crippen LogP contribution in [0, 0.1) is 0 Å². The number of nitrogens with one attached hydrogen (secondary N) is 1. The molecule has 0 spiro atoms. The zero-order chi connectivity index (χ0) is 14.1. The van der Waals surface area contributed by atoms with Crippen LogP contribution in [0.3, 0.4) is 0 Å². The second kappa shape index (κ2) is 9.28. The molecule has 3 N–H and O–H groups in total. The molecule has 0 bridgehead atoms. The van der Waals surface area contributed by atoms with Crippen LogP contribution in [-0.2, 0) is 4.79 Å². The third kappa shape index (κ3) is 5.89. The number of hydrogen-bond acceptors (Lipinski definition) is 4. The van der Waals surface area contributed by atoms with Gasteiger partial charge in [0, 0.05) is 26.2 Å². The summed E-state index contributed by atoms with van der Waals surface area (Å²) in [5.41, 5.74) is 5.56. The van der Waals surface area contributed by atoms with E-state index in [9.17, 15) is 4.79 Å². The Bertz CT molecular complexity index is 260. The number of rotatable bonds is 7. The van der Waals surface area contributed by atoms with Gasteiger partial charge < -0.3 is 16.0 Å². The summed E-state index contributed by atoms with van der Waals surface area (Å²) in [6.07, 6.45) is 3.19. The van der Waals surface area contributed by atoms with Crippen molar-refractivity contribution >= 4 is 5.91 Å². The third-order valence-corrected chi connectivity index (χ3v) is 3.78. The van der Waals surface area contributed by atoms with Gasteiger partial charge in [-0.15, -0.1) is 0 Å². The number of hydrogen-bond donors (Lipinski definition) is 2. The first-order valence-corrected chi connectivity index (χ1v) is 7.63. The Balaban J connectivity index is 2.36. The highest BCUT2D eigenvalue weighted by molar-refractivity contribution is 5.81. The maximum Gasteiger partial charge on any atom is 0.237 e. The Labute approximate surface area is 117 Å². The van der Waals surface area contributed by atoms with E-state index in [-0.39, 0.29) is 11.9 Å². The van der Waals surface area contributed by atoms with E-state index in [1.807, 2.05) is 6.92 Å². The van der Waals surface area contributed by atoms with Crippen LogP contribution in [0.15, 0.2) is 0 Å². The maximum atomic E-state index is 12.0. The SMILES string of the molecule is CCCNC(=O)C(C)N1CCCN(CCCN)CC1. The molecule has 5 heteroatoms. The molecule has 19 heavy (non-hydrogen) atoms. The van der Waals surface area contributed by atoms with Gasteiger partial charge in [0.1, 0.15) is 0 Å². The van der Waals surface area contributed by atoms with Crippen molar-refractivity contribution in [1.29, 1.82) is 0 Å². The minimum Gasteiger partial charge on any atom is -0.355 e. The van der Waals surface area contributed by atoms with Gasteiger partial charge in [-0.1, -0.05) is 6.92 Å². The van der Waals surface area contributed by atoms with Crippen molar-refractivity contribution in [2.75, 3.05) is 45.8 Å². The van der Waals surface area contributed by atoms with E-state index in [0.717, 1.165) is 65.1 Å². The summed E-state index contributed by atoms with van der Waals surface area (Å²) in [6, 6.07) is -0.0130. The number of nitrogens with zero attached hydrogens (tertiary/aromatic N) is 2. The topological polar surface area (TPSA) is 61.6 Å². The lowest BCUT2D eigenvalue weighted by Crippen LogP contribution is -2.46. The molecule has 1 aliphatic rings. The first-order chi connectivity index (χ1) is 9.19. The van der Waals surface area contributed by atoms with Crippen LogP contribution in [0.2, 0.25) is 0 Å². The van der Waals surface area contributed by atoms with Crippen LogP contribution in [-0.4, -0.2) is 67.6 Å². The average molecular weight is 270 g/mol. The monoisotopic (exact) mass is 270 g/mol. The van der Waals surface area contributed by atoms with E-state index in [2.05, 4.69) is 22.0 Å². The molecule has 1 rings (SSSR count). The van der Waals surface area contributed by atoms with Crippen LogP contribution in [0.1, 0.15) is 33.1 Å². The Morgan fingerprint density at radius 3 is 2.79 bits per heavy atom. The summed E-state index contributed by atoms with van der Waals surface area (Å²) in [6.45, 7) is 10.9. The average Bonchev–Trinajstić information content (AvgIpc) is 2.67. The minimum atomic E-state index is -0.0130. The predicted octanol–water partition coefficient (Wildman–Crippen LogP) is 0.258. The second-order valence-corrected chi connectivity index (χ2v) is 5.34. The van der Waals surface area contributed by atoms with E-state index in [0.29, 0.717) is 0 Å². The summed E-state index contributed by atoms with van der Waals surface area (Å²) >= 11 is 0. The molecular weight excluding hydrogens is 240 g/mol. The van der Waals surface area contributed by atoms with Crippen LogP contribution >= 0.6 is 0 Å². The summed E-state index contributed by atoms with van der Waals surface area (Å²) in [4.78, 5) is 16.7. The van der Waals surface area contributed by atoms with Gasteiger partial charge in [0.25, 0.3) is 0 Å². The number of nitrogens with two attached hydrogens (primary N) is 1. The van der Waals surface area contributed by atoms with Gasteiger partial charge in [0.15, 0.2) is 0 Å². The molecule has 0 aliphatic carbocycles. The molecule has 0 saturated carbocycles. The van der Waals surface area contributed by atoms with Crippen molar-refractivity contribution in [3.8, 4) is 0 Å². The molecule has 112 valence electrons. The quantitative estimate of drug-likeness (QED) is 0.696. The van der Waals surface area contributed by atoms with Crippen molar-refractivity contribution in [3.63, 3.8) is 0 Å². The Morgan fingerprint density at radius 1 is 1.32 bits per heavy atom. The fourth-order valence-electron chi connectivity index (χ4n) is 2.48. The number of carbonyl (C=O) groups is 1. The van der Waals surface area contributed by atoms with E-state index < -0.39 is 0 Å². The van der Waals surface area contributed by atoms with Crippen LogP contribution in [0.4, 0.5) is 0 Å². The molecular formula is C14H30N4O. The third-order valence-electron chi connectivity index (χ3n) is 3.78. The van der Waals surface area contributed by atoms with E-state index in [1.165, 1.54) is 0 Å². The molecule has 0 radical (unpaired) electrons. The first-order valence-electron chi connectivity index (χ1n) is 7.63. The molecule has 1 aliphatic heterocycles. The minimum absolute atomic E-state index is 0.0130. The van der Waals surface area contributed by atoms with Crippen molar-refractivity contribution < 1.29 is 4.79 Å². The number of amides is 1. The molecule has 5 nitrogen and oxygen atoms in total. The van der Waals surface area contributed by atoms with Crippen molar-refractivity contribution in [1.82, 2.24) is 15.1 Å². The van der Waals surface area contributed by atoms with E-state index >= 15 is 0 Å². The van der Waals surface area contributed by atoms with Crippen LogP contribution in [0.25, 0.3) is 0 Å². The van der Waals surface area contributed by atoms with Gasteiger partial charge >= 0.3 is 0 Å². The zero-order valence-electron chi connectivity index (χ0n) is 12.5. The molecule has 0 aromatic rings. The second-order valence-electron chi connectivity index (χ2n) is 5.34. The predicted molar refractivity (Wildman–Crippen MR) is 79.1 cm³/mol. The molecule has 1 heterocycles. The fourth-order valence-corrected chi connectivity index (χ4v) is 2.48. The van der Waals surface area contributed by atoms with Crippen molar-refractivity contribution in [3.05, 3.63) is 0 Å². The molecule has 1 unspecified atom stereocenters. The molecule has 1 saturated heterocycles. The Hall–Kier alpha value is -0.650. The van der Waals surface area contributed by atoms with Crippen molar-refractivity contribution in [2.45, 2.75) is 39.2 Å². The summed E-state index contributed by atoms with van der Waals surface area (Å²) < 4.78 is 0. The van der Waals surface area contributed by atoms with Gasteiger partial charge in [-0.3, -0.25) is 9.69 Å². The maximum absolute atomic E-state index is 12.0. The molecule has 1 atom stereocenters. The van der Waals surface area contributed by atoms with E-state index in [1.54, 1.807) is 0 Å². The Morgan fingerprint density at radius 2 is 2.11 bits per heavy atom. The number of carbonyl (C=O) groups excluding carboxylic acids is 1. The molecule has 0 aromatic heterocycles. The lowest BCUT2D eigenvalue weighted by Gasteiger charge is -2.27. The van der Waals surface area contributed by atoms with Crippen molar-refractivity contribution in [2.24, 2.45) is 5.73 Å². The summed E-state index contributed by atoms with van der Waals surface area (Å²) in [7, 11) is 0. The summed E-state index contributed by atoms with van der Waals surface area (Å²) in [5.74, 6) is 0.164. The van der Waals surface area contributed by atoms with Gasteiger partial charge in [-0.2, -0.15) is 0 Å². The molecule has 1 amide bonds. The largest absolute Gasteiger partial charge is 0.355 e. The molecule has 0 aromatic carbocycles. The van der Waals surface area contributed by atoms with Crippen LogP contribution < -0.4 is 11.1 Å². The van der Waals surface area contributed by atoms with Gasteiger partial charge in [-0.05, 0) is 45.8 Å². The van der Waals surface area contributed by atoms with E-state index in [4.69, 9.17) is 5.73 Å². The van der Waals surface area contributed by atoms with Crippen LogP contribution in [0.5, 0.6) is 0 Å². The smallest absolute Gasteiger partial charge is 0.237 e. The highest BCUT2D eigenvalue weighted by Gasteiger charge is 2.23. The van der Waals surface area contributed by atoms with Gasteiger partial charge in [0.05, 0.1) is 6.04 Å². The Kier molecular flexibility index (Phi) is 8.02. The lowest BCUT2D eigenvalue weighted by atomic mass is 10.2. The van der Waals surface area contributed by atoms with Gasteiger partial charge in [-0.25, -0.2) is 0 Å². The molecule has 1 fully saturated rings. The zero-order valence-corrected chi connectivity index (χ0v) is 12.5. The standard InChI is InChI=1S/C14H30N4O/c1-3-7-16-14(19)13(2)18-10-5-9-17(11-12-18)8-4-6-15/h13H,3-12,15H2,1-2H3,(H,16,19). The van der Waals surface area contributed by atoms with Gasteiger partial charge in [0.2, 0.25) is 5.91 Å². The first kappa shape index (κ1) is 16.4. The summed E-state index contributed by atoms with van der Waals surface area (Å²) in [5, 5.41) is 2.98.